The highest BCUT2D eigenvalue weighted by molar-refractivity contribution is 7.17. The fourth-order valence-corrected chi connectivity index (χ4v) is 3.27. The van der Waals surface area contributed by atoms with Crippen LogP contribution in [0.1, 0.15) is 32.2 Å². The van der Waals surface area contributed by atoms with Crippen LogP contribution in [0.5, 0.6) is 0 Å². The normalized spacial score (nSPS) is 11.0. The van der Waals surface area contributed by atoms with Crippen LogP contribution in [0.3, 0.4) is 0 Å². The van der Waals surface area contributed by atoms with E-state index in [1.54, 1.807) is 11.6 Å². The standard InChI is InChI=1S/C16H16N4O2S/c1-8-5-6-12(7-9(8)2)20-11(4)13(18-19-20)15-17-10(3)14(23-15)16(21)22/h5-7H,1-4H3,(H,21,22). The van der Waals surface area contributed by atoms with Gasteiger partial charge >= 0.3 is 5.97 Å². The van der Waals surface area contributed by atoms with Gasteiger partial charge in [0.1, 0.15) is 15.6 Å². The van der Waals surface area contributed by atoms with Gasteiger partial charge in [0.05, 0.1) is 17.1 Å². The maximum atomic E-state index is 11.2. The molecule has 118 valence electrons. The van der Waals surface area contributed by atoms with Gasteiger partial charge in [0.15, 0.2) is 0 Å². The second-order valence-electron chi connectivity index (χ2n) is 5.44. The lowest BCUT2D eigenvalue weighted by molar-refractivity contribution is 0.0701. The molecule has 0 amide bonds. The maximum Gasteiger partial charge on any atom is 0.347 e. The topological polar surface area (TPSA) is 80.9 Å². The first-order valence-electron chi connectivity index (χ1n) is 7.09. The lowest BCUT2D eigenvalue weighted by Gasteiger charge is -2.06. The minimum Gasteiger partial charge on any atom is -0.477 e. The Kier molecular flexibility index (Phi) is 3.73. The molecule has 0 bridgehead atoms. The highest BCUT2D eigenvalue weighted by Gasteiger charge is 2.20. The van der Waals surface area contributed by atoms with Crippen LogP contribution < -0.4 is 0 Å². The molecule has 0 fully saturated rings. The Morgan fingerprint density at radius 1 is 1.17 bits per heavy atom. The second-order valence-corrected chi connectivity index (χ2v) is 6.44. The van der Waals surface area contributed by atoms with Crippen molar-refractivity contribution in [3.05, 3.63) is 45.6 Å². The molecule has 0 aliphatic carbocycles. The number of hydrogen-bond donors (Lipinski definition) is 1. The van der Waals surface area contributed by atoms with Crippen LogP contribution in [0.4, 0.5) is 0 Å². The summed E-state index contributed by atoms with van der Waals surface area (Å²) < 4.78 is 1.75. The first-order chi connectivity index (χ1) is 10.9. The third-order valence-corrected chi connectivity index (χ3v) is 4.98. The fourth-order valence-electron chi connectivity index (χ4n) is 2.33. The first kappa shape index (κ1) is 15.4. The third-order valence-electron chi connectivity index (χ3n) is 3.82. The molecule has 0 radical (unpaired) electrons. The van der Waals surface area contributed by atoms with E-state index in [2.05, 4.69) is 35.2 Å². The van der Waals surface area contributed by atoms with Crippen LogP contribution in [-0.2, 0) is 0 Å². The van der Waals surface area contributed by atoms with Crippen molar-refractivity contribution in [2.45, 2.75) is 27.7 Å². The number of aryl methyl sites for hydroxylation is 3. The molecule has 7 heteroatoms. The molecule has 0 spiro atoms. The van der Waals surface area contributed by atoms with Gasteiger partial charge in [0.25, 0.3) is 0 Å². The van der Waals surface area contributed by atoms with E-state index in [9.17, 15) is 4.79 Å². The van der Waals surface area contributed by atoms with E-state index < -0.39 is 5.97 Å². The second kappa shape index (κ2) is 5.58. The van der Waals surface area contributed by atoms with Gasteiger partial charge in [-0.15, -0.1) is 16.4 Å². The van der Waals surface area contributed by atoms with Crippen molar-refractivity contribution in [1.82, 2.24) is 20.0 Å². The fraction of sp³-hybridized carbons (Fsp3) is 0.250. The van der Waals surface area contributed by atoms with Gasteiger partial charge in [-0.2, -0.15) is 0 Å². The molecule has 0 aliphatic rings. The minimum absolute atomic E-state index is 0.236. The number of carboxylic acid groups (broad SMARTS) is 1. The van der Waals surface area contributed by atoms with Crippen molar-refractivity contribution in [3.8, 4) is 16.4 Å². The Morgan fingerprint density at radius 3 is 2.52 bits per heavy atom. The van der Waals surface area contributed by atoms with E-state index in [4.69, 9.17) is 5.11 Å². The lowest BCUT2D eigenvalue weighted by Crippen LogP contribution is -2.00. The number of nitrogens with zero attached hydrogens (tertiary/aromatic N) is 4. The lowest BCUT2D eigenvalue weighted by atomic mass is 10.1. The number of thiazole rings is 1. The Hall–Kier alpha value is -2.54. The number of aromatic carboxylic acids is 1. The Bertz CT molecular complexity index is 911. The van der Waals surface area contributed by atoms with Crippen LogP contribution in [-0.4, -0.2) is 31.1 Å². The van der Waals surface area contributed by atoms with Crippen LogP contribution in [0.2, 0.25) is 0 Å². The zero-order valence-electron chi connectivity index (χ0n) is 13.3. The number of aromatic nitrogens is 4. The summed E-state index contributed by atoms with van der Waals surface area (Å²) in [5.41, 5.74) is 5.27. The van der Waals surface area contributed by atoms with Crippen molar-refractivity contribution in [2.75, 3.05) is 0 Å². The largest absolute Gasteiger partial charge is 0.477 e. The van der Waals surface area contributed by atoms with E-state index in [0.29, 0.717) is 16.4 Å². The molecule has 1 N–H and O–H groups in total. The molecular formula is C16H16N4O2S. The zero-order valence-corrected chi connectivity index (χ0v) is 14.1. The summed E-state index contributed by atoms with van der Waals surface area (Å²) in [7, 11) is 0. The molecule has 3 rings (SSSR count). The molecule has 2 heterocycles. The van der Waals surface area contributed by atoms with E-state index in [0.717, 1.165) is 22.7 Å². The molecule has 3 aromatic rings. The monoisotopic (exact) mass is 328 g/mol. The summed E-state index contributed by atoms with van der Waals surface area (Å²) in [4.78, 5) is 15.7. The first-order valence-corrected chi connectivity index (χ1v) is 7.91. The quantitative estimate of drug-likeness (QED) is 0.797. The van der Waals surface area contributed by atoms with Crippen LogP contribution in [0, 0.1) is 27.7 Å². The summed E-state index contributed by atoms with van der Waals surface area (Å²) in [6.07, 6.45) is 0. The molecule has 6 nitrogen and oxygen atoms in total. The van der Waals surface area contributed by atoms with Crippen molar-refractivity contribution >= 4 is 17.3 Å². The van der Waals surface area contributed by atoms with Crippen molar-refractivity contribution in [3.63, 3.8) is 0 Å². The van der Waals surface area contributed by atoms with Crippen LogP contribution in [0.25, 0.3) is 16.4 Å². The van der Waals surface area contributed by atoms with Crippen LogP contribution in [0.15, 0.2) is 18.2 Å². The van der Waals surface area contributed by atoms with E-state index in [1.165, 1.54) is 11.1 Å². The van der Waals surface area contributed by atoms with Gasteiger partial charge < -0.3 is 5.11 Å². The van der Waals surface area contributed by atoms with Crippen molar-refractivity contribution < 1.29 is 9.90 Å². The molecule has 0 aliphatic heterocycles. The van der Waals surface area contributed by atoms with E-state index >= 15 is 0 Å². The van der Waals surface area contributed by atoms with Crippen molar-refractivity contribution in [1.29, 1.82) is 0 Å². The zero-order chi connectivity index (χ0) is 16.7. The Labute approximate surface area is 137 Å². The molecule has 2 aromatic heterocycles. The van der Waals surface area contributed by atoms with E-state index in [1.807, 2.05) is 19.1 Å². The SMILES string of the molecule is Cc1ccc(-n2nnc(-c3nc(C)c(C(=O)O)s3)c2C)cc1C. The van der Waals surface area contributed by atoms with Crippen molar-refractivity contribution in [2.24, 2.45) is 0 Å². The van der Waals surface area contributed by atoms with Gasteiger partial charge in [0.2, 0.25) is 0 Å². The predicted octanol–water partition coefficient (Wildman–Crippen LogP) is 3.32. The Balaban J connectivity index is 2.07. The third kappa shape index (κ3) is 2.63. The molecule has 1 aromatic carbocycles. The summed E-state index contributed by atoms with van der Waals surface area (Å²) >= 11 is 1.12. The number of hydrogen-bond acceptors (Lipinski definition) is 5. The molecule has 0 saturated carbocycles. The number of benzene rings is 1. The highest BCUT2D eigenvalue weighted by Crippen LogP contribution is 2.29. The highest BCUT2D eigenvalue weighted by atomic mass is 32.1. The summed E-state index contributed by atoms with van der Waals surface area (Å²) in [6.45, 7) is 7.70. The van der Waals surface area contributed by atoms with Gasteiger partial charge in [-0.1, -0.05) is 11.3 Å². The Morgan fingerprint density at radius 2 is 1.91 bits per heavy atom. The smallest absolute Gasteiger partial charge is 0.347 e. The molecule has 0 atom stereocenters. The minimum atomic E-state index is -0.967. The average molecular weight is 328 g/mol. The summed E-state index contributed by atoms with van der Waals surface area (Å²) in [6, 6.07) is 6.08. The summed E-state index contributed by atoms with van der Waals surface area (Å²) in [5.74, 6) is -0.967. The van der Waals surface area contributed by atoms with Gasteiger partial charge in [-0.25, -0.2) is 14.5 Å². The molecule has 23 heavy (non-hydrogen) atoms. The van der Waals surface area contributed by atoms with Gasteiger partial charge in [0, 0.05) is 0 Å². The predicted molar refractivity (Wildman–Crippen MR) is 88.4 cm³/mol. The molecule has 0 unspecified atom stereocenters. The molecular weight excluding hydrogens is 312 g/mol. The molecule has 0 saturated heterocycles. The van der Waals surface area contributed by atoms with E-state index in [-0.39, 0.29) is 4.88 Å². The summed E-state index contributed by atoms with van der Waals surface area (Å²) in [5, 5.41) is 18.1. The number of carbonyl (C=O) groups is 1. The number of rotatable bonds is 3. The average Bonchev–Trinajstić information content (AvgIpc) is 3.05. The number of carboxylic acids is 1. The maximum absolute atomic E-state index is 11.2. The van der Waals surface area contributed by atoms with Gasteiger partial charge in [-0.3, -0.25) is 0 Å². The van der Waals surface area contributed by atoms with Crippen LogP contribution >= 0.6 is 11.3 Å². The van der Waals surface area contributed by atoms with Gasteiger partial charge in [-0.05, 0) is 51.0 Å².